The van der Waals surface area contributed by atoms with E-state index >= 15 is 0 Å². The van der Waals surface area contributed by atoms with Crippen LogP contribution in [-0.4, -0.2) is 30.9 Å². The monoisotopic (exact) mass is 344 g/mol. The van der Waals surface area contributed by atoms with Crippen LogP contribution in [0.4, 0.5) is 10.5 Å². The predicted octanol–water partition coefficient (Wildman–Crippen LogP) is 2.73. The van der Waals surface area contributed by atoms with Crippen molar-refractivity contribution < 1.29 is 14.6 Å². The van der Waals surface area contributed by atoms with Gasteiger partial charge in [-0.25, -0.2) is 4.79 Å². The molecular formula is C14H21BrN2O3. The van der Waals surface area contributed by atoms with Crippen molar-refractivity contribution in [3.8, 4) is 0 Å². The summed E-state index contributed by atoms with van der Waals surface area (Å²) in [6, 6.07) is 5.18. The number of aliphatic hydroxyl groups excluding tert-OH is 1. The van der Waals surface area contributed by atoms with Gasteiger partial charge in [-0.3, -0.25) is 0 Å². The Morgan fingerprint density at radius 2 is 2.15 bits per heavy atom. The zero-order valence-electron chi connectivity index (χ0n) is 11.9. The van der Waals surface area contributed by atoms with Crippen LogP contribution < -0.4 is 10.6 Å². The van der Waals surface area contributed by atoms with E-state index < -0.39 is 6.10 Å². The molecule has 0 saturated carbocycles. The number of aliphatic hydroxyl groups is 1. The van der Waals surface area contributed by atoms with Gasteiger partial charge in [0.2, 0.25) is 0 Å². The van der Waals surface area contributed by atoms with Crippen LogP contribution in [0.15, 0.2) is 22.7 Å². The van der Waals surface area contributed by atoms with Gasteiger partial charge < -0.3 is 20.5 Å². The Hall–Kier alpha value is -1.11. The Bertz CT molecular complexity index is 452. The number of anilines is 1. The number of rotatable bonds is 6. The van der Waals surface area contributed by atoms with E-state index in [9.17, 15) is 9.90 Å². The second-order valence-electron chi connectivity index (χ2n) is 4.85. The van der Waals surface area contributed by atoms with Crippen molar-refractivity contribution in [2.24, 2.45) is 5.92 Å². The van der Waals surface area contributed by atoms with Crippen molar-refractivity contribution in [1.82, 2.24) is 5.32 Å². The molecule has 6 heteroatoms. The molecule has 0 aliphatic rings. The fourth-order valence-electron chi connectivity index (χ4n) is 1.57. The molecule has 0 spiro atoms. The molecule has 1 atom stereocenters. The normalized spacial score (nSPS) is 12.3. The number of methoxy groups -OCH3 is 1. The quantitative estimate of drug-likeness (QED) is 0.742. The van der Waals surface area contributed by atoms with Gasteiger partial charge in [-0.2, -0.15) is 0 Å². The third-order valence-corrected chi connectivity index (χ3v) is 3.64. The lowest BCUT2D eigenvalue weighted by molar-refractivity contribution is 0.126. The minimum absolute atomic E-state index is 0.102. The summed E-state index contributed by atoms with van der Waals surface area (Å²) in [5, 5.41) is 15.1. The van der Waals surface area contributed by atoms with Crippen molar-refractivity contribution in [2.45, 2.75) is 26.6 Å². The summed E-state index contributed by atoms with van der Waals surface area (Å²) in [6.45, 7) is 4.41. The number of hydrogen-bond donors (Lipinski definition) is 3. The number of carbonyl (C=O) groups excluding carboxylic acids is 1. The molecule has 0 aromatic heterocycles. The molecule has 0 saturated heterocycles. The molecule has 0 heterocycles. The van der Waals surface area contributed by atoms with Crippen LogP contribution >= 0.6 is 15.9 Å². The lowest BCUT2D eigenvalue weighted by Gasteiger charge is -2.16. The van der Waals surface area contributed by atoms with Crippen LogP contribution in [0.2, 0.25) is 0 Å². The lowest BCUT2D eigenvalue weighted by Crippen LogP contribution is -2.37. The Labute approximate surface area is 127 Å². The first-order chi connectivity index (χ1) is 9.45. The van der Waals surface area contributed by atoms with E-state index in [-0.39, 0.29) is 18.5 Å². The van der Waals surface area contributed by atoms with Crippen molar-refractivity contribution in [1.29, 1.82) is 0 Å². The minimum atomic E-state index is -0.554. The highest BCUT2D eigenvalue weighted by molar-refractivity contribution is 9.10. The lowest BCUT2D eigenvalue weighted by atomic mass is 10.1. The maximum absolute atomic E-state index is 11.8. The molecule has 2 amide bonds. The standard InChI is InChI=1S/C14H21BrN2O3/c1-9(2)13(18)7-16-14(19)17-12-6-4-5-11(15)10(12)8-20-3/h4-6,9,13,18H,7-8H2,1-3H3,(H2,16,17,19)/t13-/m1/s1. The Balaban J connectivity index is 2.64. The van der Waals surface area contributed by atoms with E-state index in [1.807, 2.05) is 26.0 Å². The minimum Gasteiger partial charge on any atom is -0.391 e. The van der Waals surface area contributed by atoms with Gasteiger partial charge in [-0.1, -0.05) is 35.8 Å². The van der Waals surface area contributed by atoms with E-state index in [2.05, 4.69) is 26.6 Å². The number of carbonyl (C=O) groups is 1. The van der Waals surface area contributed by atoms with E-state index in [4.69, 9.17) is 4.74 Å². The number of urea groups is 1. The van der Waals surface area contributed by atoms with Crippen LogP contribution in [0, 0.1) is 5.92 Å². The SMILES string of the molecule is COCc1c(Br)cccc1NC(=O)NC[C@@H](O)C(C)C. The van der Waals surface area contributed by atoms with Crippen LogP contribution in [0.25, 0.3) is 0 Å². The smallest absolute Gasteiger partial charge is 0.319 e. The molecule has 0 fully saturated rings. The summed E-state index contributed by atoms with van der Waals surface area (Å²) in [4.78, 5) is 11.8. The summed E-state index contributed by atoms with van der Waals surface area (Å²) in [6.07, 6.45) is -0.554. The highest BCUT2D eigenvalue weighted by Gasteiger charge is 2.12. The highest BCUT2D eigenvalue weighted by Crippen LogP contribution is 2.25. The first-order valence-corrected chi connectivity index (χ1v) is 7.24. The van der Waals surface area contributed by atoms with Gasteiger partial charge in [0, 0.05) is 29.4 Å². The van der Waals surface area contributed by atoms with E-state index in [0.717, 1.165) is 10.0 Å². The fraction of sp³-hybridized carbons (Fsp3) is 0.500. The number of hydrogen-bond acceptors (Lipinski definition) is 3. The molecule has 20 heavy (non-hydrogen) atoms. The summed E-state index contributed by atoms with van der Waals surface area (Å²) in [5.41, 5.74) is 1.55. The molecule has 0 unspecified atom stereocenters. The summed E-state index contributed by atoms with van der Waals surface area (Å²) < 4.78 is 5.99. The van der Waals surface area contributed by atoms with Gasteiger partial charge in [0.25, 0.3) is 0 Å². The highest BCUT2D eigenvalue weighted by atomic mass is 79.9. The molecule has 0 aliphatic carbocycles. The van der Waals surface area contributed by atoms with Crippen LogP contribution in [0.5, 0.6) is 0 Å². The second-order valence-corrected chi connectivity index (χ2v) is 5.70. The number of benzene rings is 1. The molecule has 5 nitrogen and oxygen atoms in total. The Morgan fingerprint density at radius 3 is 2.75 bits per heavy atom. The number of amides is 2. The van der Waals surface area contributed by atoms with Crippen molar-refractivity contribution in [3.63, 3.8) is 0 Å². The van der Waals surface area contributed by atoms with Gasteiger partial charge in [-0.15, -0.1) is 0 Å². The summed E-state index contributed by atoms with van der Waals surface area (Å²) in [5.74, 6) is 0.102. The van der Waals surface area contributed by atoms with Gasteiger partial charge >= 0.3 is 6.03 Å². The van der Waals surface area contributed by atoms with Crippen molar-refractivity contribution in [3.05, 3.63) is 28.2 Å². The molecule has 1 rings (SSSR count). The Morgan fingerprint density at radius 1 is 1.45 bits per heavy atom. The van der Waals surface area contributed by atoms with Crippen LogP contribution in [0.3, 0.4) is 0 Å². The topological polar surface area (TPSA) is 70.6 Å². The average molecular weight is 345 g/mol. The molecule has 0 aliphatic heterocycles. The van der Waals surface area contributed by atoms with Gasteiger partial charge in [0.15, 0.2) is 0 Å². The van der Waals surface area contributed by atoms with E-state index in [1.54, 1.807) is 13.2 Å². The van der Waals surface area contributed by atoms with Gasteiger partial charge in [0.05, 0.1) is 12.7 Å². The molecule has 3 N–H and O–H groups in total. The summed E-state index contributed by atoms with van der Waals surface area (Å²) in [7, 11) is 1.60. The molecule has 0 bridgehead atoms. The van der Waals surface area contributed by atoms with Crippen molar-refractivity contribution >= 4 is 27.6 Å². The van der Waals surface area contributed by atoms with Crippen LogP contribution in [0.1, 0.15) is 19.4 Å². The predicted molar refractivity (Wildman–Crippen MR) is 82.7 cm³/mol. The summed E-state index contributed by atoms with van der Waals surface area (Å²) >= 11 is 3.43. The zero-order valence-corrected chi connectivity index (χ0v) is 13.5. The van der Waals surface area contributed by atoms with E-state index in [0.29, 0.717) is 12.3 Å². The Kier molecular flexibility index (Phi) is 6.98. The number of halogens is 1. The van der Waals surface area contributed by atoms with E-state index in [1.165, 1.54) is 0 Å². The average Bonchev–Trinajstić information content (AvgIpc) is 2.40. The number of ether oxygens (including phenoxy) is 1. The van der Waals surface area contributed by atoms with Crippen LogP contribution in [-0.2, 0) is 11.3 Å². The molecule has 112 valence electrons. The van der Waals surface area contributed by atoms with Gasteiger partial charge in [-0.05, 0) is 18.1 Å². The maximum atomic E-state index is 11.8. The maximum Gasteiger partial charge on any atom is 0.319 e. The molecule has 1 aromatic carbocycles. The second kappa shape index (κ2) is 8.24. The third kappa shape index (κ3) is 5.11. The molecule has 0 radical (unpaired) electrons. The largest absolute Gasteiger partial charge is 0.391 e. The first-order valence-electron chi connectivity index (χ1n) is 6.45. The van der Waals surface area contributed by atoms with Gasteiger partial charge in [0.1, 0.15) is 0 Å². The first kappa shape index (κ1) is 16.9. The molecular weight excluding hydrogens is 324 g/mol. The van der Waals surface area contributed by atoms with Crippen molar-refractivity contribution in [2.75, 3.05) is 19.0 Å². The third-order valence-electron chi connectivity index (χ3n) is 2.90. The fourth-order valence-corrected chi connectivity index (χ4v) is 2.05. The zero-order chi connectivity index (χ0) is 15.1. The number of nitrogens with one attached hydrogen (secondary N) is 2. The molecule has 1 aromatic rings.